The summed E-state index contributed by atoms with van der Waals surface area (Å²) in [7, 11) is 6.42. The second-order valence-electron chi connectivity index (χ2n) is 6.42. The van der Waals surface area contributed by atoms with Gasteiger partial charge in [-0.3, -0.25) is 4.79 Å². The Labute approximate surface area is 152 Å². The van der Waals surface area contributed by atoms with E-state index in [2.05, 4.69) is 0 Å². The summed E-state index contributed by atoms with van der Waals surface area (Å²) in [5.41, 5.74) is 0.874. The van der Waals surface area contributed by atoms with E-state index in [1.807, 2.05) is 36.2 Å². The van der Waals surface area contributed by atoms with Crippen LogP contribution in [0, 0.1) is 0 Å². The molecule has 2 aromatic rings. The lowest BCUT2D eigenvalue weighted by Gasteiger charge is -2.23. The minimum Gasteiger partial charge on any atom is -0.493 e. The molecule has 1 atom stereocenters. The van der Waals surface area contributed by atoms with E-state index in [0.29, 0.717) is 29.4 Å². The Balaban J connectivity index is 1.94. The third kappa shape index (κ3) is 2.97. The maximum Gasteiger partial charge on any atom is 0.203 e. The molecule has 2 aromatic carbocycles. The van der Waals surface area contributed by atoms with E-state index in [1.165, 1.54) is 21.3 Å². The number of likely N-dealkylation sites (N-methyl/N-ethyl adjacent to an activating group) is 1. The van der Waals surface area contributed by atoms with E-state index in [0.717, 1.165) is 11.3 Å². The fourth-order valence-electron chi connectivity index (χ4n) is 3.52. The summed E-state index contributed by atoms with van der Waals surface area (Å²) in [5, 5.41) is 11.1. The summed E-state index contributed by atoms with van der Waals surface area (Å²) < 4.78 is 15.9. The summed E-state index contributed by atoms with van der Waals surface area (Å²) in [5.74, 6) is 1.05. The monoisotopic (exact) mass is 357 g/mol. The molecular weight excluding hydrogens is 334 g/mol. The van der Waals surface area contributed by atoms with Crippen LogP contribution in [0.1, 0.15) is 22.3 Å². The molecule has 3 rings (SSSR count). The minimum atomic E-state index is -1.23. The van der Waals surface area contributed by atoms with Crippen LogP contribution >= 0.6 is 0 Å². The molecule has 0 saturated carbocycles. The average Bonchev–Trinajstić information content (AvgIpc) is 2.91. The van der Waals surface area contributed by atoms with Gasteiger partial charge in [-0.2, -0.15) is 0 Å². The number of aliphatic hydroxyl groups is 1. The molecule has 0 bridgehead atoms. The number of hydrogen-bond donors (Lipinski definition) is 1. The Morgan fingerprint density at radius 3 is 2.31 bits per heavy atom. The number of fused-ring (bicyclic) bond motifs is 1. The number of carbonyl (C=O) groups is 1. The number of ether oxygens (including phenoxy) is 3. The van der Waals surface area contributed by atoms with Gasteiger partial charge in [0.2, 0.25) is 5.75 Å². The molecule has 6 heteroatoms. The molecule has 1 aliphatic heterocycles. The van der Waals surface area contributed by atoms with Crippen LogP contribution in [-0.2, 0) is 5.60 Å². The molecule has 26 heavy (non-hydrogen) atoms. The van der Waals surface area contributed by atoms with Crippen molar-refractivity contribution < 1.29 is 24.1 Å². The zero-order valence-electron chi connectivity index (χ0n) is 15.4. The number of β-amino-alcohol motifs (C(OH)–C–C–N with tert-alkyl or cyclic N) is 1. The highest BCUT2D eigenvalue weighted by molar-refractivity contribution is 5.98. The first-order valence-electron chi connectivity index (χ1n) is 8.29. The van der Waals surface area contributed by atoms with Crippen LogP contribution in [0.4, 0.5) is 5.69 Å². The van der Waals surface area contributed by atoms with Gasteiger partial charge in [0.15, 0.2) is 17.3 Å². The van der Waals surface area contributed by atoms with Crippen LogP contribution in [0.2, 0.25) is 0 Å². The Morgan fingerprint density at radius 1 is 1.12 bits per heavy atom. The Morgan fingerprint density at radius 2 is 1.73 bits per heavy atom. The molecule has 0 fully saturated rings. The molecule has 0 saturated heterocycles. The minimum absolute atomic E-state index is 0.0347. The van der Waals surface area contributed by atoms with Gasteiger partial charge in [-0.25, -0.2) is 0 Å². The molecule has 0 radical (unpaired) electrons. The van der Waals surface area contributed by atoms with Crippen LogP contribution < -0.4 is 19.1 Å². The van der Waals surface area contributed by atoms with Gasteiger partial charge < -0.3 is 24.2 Å². The third-order valence-corrected chi connectivity index (χ3v) is 4.76. The number of benzene rings is 2. The highest BCUT2D eigenvalue weighted by atomic mass is 16.5. The van der Waals surface area contributed by atoms with Crippen LogP contribution in [0.3, 0.4) is 0 Å². The van der Waals surface area contributed by atoms with Gasteiger partial charge in [-0.05, 0) is 18.2 Å². The second-order valence-corrected chi connectivity index (χ2v) is 6.42. The Bertz CT molecular complexity index is 810. The van der Waals surface area contributed by atoms with Crippen molar-refractivity contribution in [3.8, 4) is 17.2 Å². The molecule has 1 aliphatic rings. The predicted octanol–water partition coefficient (Wildman–Crippen LogP) is 2.62. The van der Waals surface area contributed by atoms with E-state index in [-0.39, 0.29) is 12.2 Å². The van der Waals surface area contributed by atoms with Gasteiger partial charge in [0.1, 0.15) is 5.60 Å². The molecule has 0 amide bonds. The predicted molar refractivity (Wildman–Crippen MR) is 98.7 cm³/mol. The number of Topliss-reactive ketones (excluding diaryl/α,β-unsaturated/α-hetero) is 1. The standard InChI is InChI=1S/C20H23NO5/c1-21-12-20(23,14-7-5-6-8-15(14)21)11-16(22)13-9-17(24-2)19(26-4)18(10-13)25-3/h5-10,23H,11-12H2,1-4H3/t20-/m1/s1. The smallest absolute Gasteiger partial charge is 0.203 e. The van der Waals surface area contributed by atoms with Gasteiger partial charge >= 0.3 is 0 Å². The van der Waals surface area contributed by atoms with Crippen LogP contribution in [0.5, 0.6) is 17.2 Å². The Kier molecular flexibility index (Phi) is 4.78. The number of nitrogens with zero attached hydrogens (tertiary/aromatic N) is 1. The molecular formula is C20H23NO5. The lowest BCUT2D eigenvalue weighted by Crippen LogP contribution is -2.34. The first-order chi connectivity index (χ1) is 12.4. The highest BCUT2D eigenvalue weighted by Gasteiger charge is 2.41. The number of rotatable bonds is 6. The lowest BCUT2D eigenvalue weighted by molar-refractivity contribution is 0.0411. The van der Waals surface area contributed by atoms with Crippen LogP contribution in [-0.4, -0.2) is 45.8 Å². The van der Waals surface area contributed by atoms with E-state index in [9.17, 15) is 9.90 Å². The van der Waals surface area contributed by atoms with Crippen molar-refractivity contribution >= 4 is 11.5 Å². The van der Waals surface area contributed by atoms with Crippen molar-refractivity contribution in [1.82, 2.24) is 0 Å². The molecule has 138 valence electrons. The number of anilines is 1. The van der Waals surface area contributed by atoms with Gasteiger partial charge in [-0.15, -0.1) is 0 Å². The van der Waals surface area contributed by atoms with Gasteiger partial charge in [0.05, 0.1) is 27.9 Å². The normalized spacial score (nSPS) is 18.4. The number of para-hydroxylation sites is 1. The molecule has 0 aliphatic carbocycles. The van der Waals surface area contributed by atoms with E-state index in [1.54, 1.807) is 12.1 Å². The number of hydrogen-bond acceptors (Lipinski definition) is 6. The van der Waals surface area contributed by atoms with E-state index < -0.39 is 5.60 Å². The zero-order chi connectivity index (χ0) is 18.9. The summed E-state index contributed by atoms with van der Waals surface area (Å²) in [6.07, 6.45) is -0.0347. The fraction of sp³-hybridized carbons (Fsp3) is 0.350. The molecule has 0 spiro atoms. The van der Waals surface area contributed by atoms with E-state index in [4.69, 9.17) is 14.2 Å². The van der Waals surface area contributed by atoms with Crippen molar-refractivity contribution in [3.63, 3.8) is 0 Å². The molecule has 1 N–H and O–H groups in total. The topological polar surface area (TPSA) is 68.2 Å². The molecule has 0 unspecified atom stereocenters. The van der Waals surface area contributed by atoms with Gasteiger partial charge in [0, 0.05) is 30.3 Å². The van der Waals surface area contributed by atoms with Crippen molar-refractivity contribution in [2.75, 3.05) is 39.8 Å². The maximum atomic E-state index is 12.9. The fourth-order valence-corrected chi connectivity index (χ4v) is 3.52. The first-order valence-corrected chi connectivity index (χ1v) is 8.29. The molecule has 0 aromatic heterocycles. The van der Waals surface area contributed by atoms with Crippen LogP contribution in [0.15, 0.2) is 36.4 Å². The molecule has 1 heterocycles. The number of ketones is 1. The summed E-state index contributed by atoms with van der Waals surface area (Å²) in [4.78, 5) is 14.9. The van der Waals surface area contributed by atoms with Crippen LogP contribution in [0.25, 0.3) is 0 Å². The SMILES string of the molecule is COc1cc(C(=O)C[C@@]2(O)CN(C)c3ccccc32)cc(OC)c1OC. The summed E-state index contributed by atoms with van der Waals surface area (Å²) >= 11 is 0. The third-order valence-electron chi connectivity index (χ3n) is 4.76. The lowest BCUT2D eigenvalue weighted by atomic mass is 9.88. The maximum absolute atomic E-state index is 12.9. The first kappa shape index (κ1) is 18.1. The summed E-state index contributed by atoms with van der Waals surface area (Å²) in [6.45, 7) is 0.364. The highest BCUT2D eigenvalue weighted by Crippen LogP contribution is 2.42. The van der Waals surface area contributed by atoms with Crippen molar-refractivity contribution in [3.05, 3.63) is 47.5 Å². The Hall–Kier alpha value is -2.73. The average molecular weight is 357 g/mol. The van der Waals surface area contributed by atoms with Gasteiger partial charge in [-0.1, -0.05) is 18.2 Å². The quantitative estimate of drug-likeness (QED) is 0.802. The molecule has 6 nitrogen and oxygen atoms in total. The summed E-state index contributed by atoms with van der Waals surface area (Å²) in [6, 6.07) is 10.8. The second kappa shape index (κ2) is 6.88. The van der Waals surface area contributed by atoms with E-state index >= 15 is 0 Å². The van der Waals surface area contributed by atoms with Crippen molar-refractivity contribution in [2.45, 2.75) is 12.0 Å². The van der Waals surface area contributed by atoms with Gasteiger partial charge in [0.25, 0.3) is 0 Å². The largest absolute Gasteiger partial charge is 0.493 e. The number of methoxy groups -OCH3 is 3. The van der Waals surface area contributed by atoms with Crippen molar-refractivity contribution in [1.29, 1.82) is 0 Å². The zero-order valence-corrected chi connectivity index (χ0v) is 15.4. The van der Waals surface area contributed by atoms with Crippen molar-refractivity contribution in [2.24, 2.45) is 0 Å². The number of carbonyl (C=O) groups excluding carboxylic acids is 1.